The molecule has 0 spiro atoms. The van der Waals surface area contributed by atoms with Crippen molar-refractivity contribution >= 4 is 18.3 Å². The van der Waals surface area contributed by atoms with Crippen LogP contribution in [-0.2, 0) is 4.79 Å². The summed E-state index contributed by atoms with van der Waals surface area (Å²) < 4.78 is 0. The summed E-state index contributed by atoms with van der Waals surface area (Å²) >= 11 is 0. The van der Waals surface area contributed by atoms with E-state index in [1.807, 2.05) is 6.92 Å². The first-order chi connectivity index (χ1) is 7.07. The van der Waals surface area contributed by atoms with Crippen molar-refractivity contribution in [1.29, 1.82) is 0 Å². The van der Waals surface area contributed by atoms with Crippen LogP contribution in [0.1, 0.15) is 40.0 Å². The number of piperidine rings is 1. The summed E-state index contributed by atoms with van der Waals surface area (Å²) in [7, 11) is 0. The zero-order valence-corrected chi connectivity index (χ0v) is 11.5. The number of carbonyl (C=O) groups is 1. The van der Waals surface area contributed by atoms with Crippen LogP contribution in [0, 0.1) is 11.3 Å². The van der Waals surface area contributed by atoms with Crippen molar-refractivity contribution in [2.24, 2.45) is 11.3 Å². The molecule has 1 heterocycles. The Morgan fingerprint density at radius 1 is 1.44 bits per heavy atom. The number of hydrogen-bond donors (Lipinski definition) is 2. The van der Waals surface area contributed by atoms with E-state index in [0.29, 0.717) is 5.41 Å². The predicted molar refractivity (Wildman–Crippen MR) is 69.9 cm³/mol. The van der Waals surface area contributed by atoms with Crippen LogP contribution in [0.4, 0.5) is 0 Å². The highest BCUT2D eigenvalue weighted by atomic mass is 35.5. The van der Waals surface area contributed by atoms with Crippen molar-refractivity contribution in [1.82, 2.24) is 10.6 Å². The zero-order valence-electron chi connectivity index (χ0n) is 10.6. The molecule has 1 saturated heterocycles. The van der Waals surface area contributed by atoms with Crippen molar-refractivity contribution in [3.8, 4) is 0 Å². The Kier molecular flexibility index (Phi) is 7.00. The molecule has 0 radical (unpaired) electrons. The van der Waals surface area contributed by atoms with Gasteiger partial charge in [-0.15, -0.1) is 12.4 Å². The molecule has 4 heteroatoms. The molecule has 0 aliphatic carbocycles. The second-order valence-electron chi connectivity index (χ2n) is 5.09. The fraction of sp³-hybridized carbons (Fsp3) is 0.917. The van der Waals surface area contributed by atoms with Gasteiger partial charge in [-0.25, -0.2) is 0 Å². The Hall–Kier alpha value is -0.280. The second kappa shape index (κ2) is 7.13. The maximum atomic E-state index is 11.6. The molecule has 0 aromatic rings. The van der Waals surface area contributed by atoms with E-state index in [0.717, 1.165) is 38.9 Å². The first-order valence-corrected chi connectivity index (χ1v) is 6.06. The SMILES string of the molecule is CCC(C)C(=O)NCC1(C)CCNCC1.Cl. The molecule has 96 valence electrons. The number of nitrogens with one attached hydrogen (secondary N) is 2. The van der Waals surface area contributed by atoms with Crippen LogP contribution in [0.25, 0.3) is 0 Å². The van der Waals surface area contributed by atoms with Gasteiger partial charge in [0.1, 0.15) is 0 Å². The molecule has 1 atom stereocenters. The molecule has 1 fully saturated rings. The molecule has 16 heavy (non-hydrogen) atoms. The molecule has 0 saturated carbocycles. The minimum atomic E-state index is 0. The average Bonchev–Trinajstić information content (AvgIpc) is 2.26. The van der Waals surface area contributed by atoms with E-state index in [1.54, 1.807) is 0 Å². The maximum Gasteiger partial charge on any atom is 0.222 e. The largest absolute Gasteiger partial charge is 0.355 e. The monoisotopic (exact) mass is 248 g/mol. The minimum absolute atomic E-state index is 0. The summed E-state index contributed by atoms with van der Waals surface area (Å²) in [5.41, 5.74) is 0.300. The van der Waals surface area contributed by atoms with E-state index < -0.39 is 0 Å². The minimum Gasteiger partial charge on any atom is -0.355 e. The molecule has 1 amide bonds. The molecule has 0 aromatic carbocycles. The fourth-order valence-electron chi connectivity index (χ4n) is 1.87. The number of halogens is 1. The van der Waals surface area contributed by atoms with Gasteiger partial charge in [0.05, 0.1) is 0 Å². The van der Waals surface area contributed by atoms with Crippen LogP contribution in [0.15, 0.2) is 0 Å². The lowest BCUT2D eigenvalue weighted by molar-refractivity contribution is -0.125. The predicted octanol–water partition coefficient (Wildman–Crippen LogP) is 1.96. The van der Waals surface area contributed by atoms with E-state index >= 15 is 0 Å². The second-order valence-corrected chi connectivity index (χ2v) is 5.09. The first-order valence-electron chi connectivity index (χ1n) is 6.06. The third-order valence-corrected chi connectivity index (χ3v) is 3.56. The topological polar surface area (TPSA) is 41.1 Å². The summed E-state index contributed by atoms with van der Waals surface area (Å²) in [6.45, 7) is 9.30. The molecule has 1 aliphatic rings. The standard InChI is InChI=1S/C12H24N2O.ClH/c1-4-10(2)11(15)14-9-12(3)5-7-13-8-6-12;/h10,13H,4-9H2,1-3H3,(H,14,15);1H. The molecular weight excluding hydrogens is 224 g/mol. The highest BCUT2D eigenvalue weighted by molar-refractivity contribution is 5.85. The van der Waals surface area contributed by atoms with Gasteiger partial charge >= 0.3 is 0 Å². The number of amides is 1. The van der Waals surface area contributed by atoms with Gasteiger partial charge in [0.2, 0.25) is 5.91 Å². The van der Waals surface area contributed by atoms with Gasteiger partial charge in [-0.05, 0) is 37.8 Å². The quantitative estimate of drug-likeness (QED) is 0.799. The van der Waals surface area contributed by atoms with Crippen molar-refractivity contribution in [3.05, 3.63) is 0 Å². The van der Waals surface area contributed by atoms with Crippen LogP contribution < -0.4 is 10.6 Å². The van der Waals surface area contributed by atoms with Gasteiger partial charge in [0.15, 0.2) is 0 Å². The third kappa shape index (κ3) is 4.71. The Balaban J connectivity index is 0.00000225. The Labute approximate surface area is 105 Å². The average molecular weight is 249 g/mol. The van der Waals surface area contributed by atoms with Crippen LogP contribution >= 0.6 is 12.4 Å². The highest BCUT2D eigenvalue weighted by Crippen LogP contribution is 2.26. The van der Waals surface area contributed by atoms with E-state index in [1.165, 1.54) is 0 Å². The number of carbonyl (C=O) groups excluding carboxylic acids is 1. The lowest BCUT2D eigenvalue weighted by Gasteiger charge is -2.34. The third-order valence-electron chi connectivity index (χ3n) is 3.56. The molecule has 2 N–H and O–H groups in total. The van der Waals surface area contributed by atoms with Gasteiger partial charge in [0, 0.05) is 12.5 Å². The van der Waals surface area contributed by atoms with Gasteiger partial charge in [-0.2, -0.15) is 0 Å². The Bertz CT molecular complexity index is 215. The zero-order chi connectivity index (χ0) is 11.3. The van der Waals surface area contributed by atoms with Gasteiger partial charge < -0.3 is 10.6 Å². The van der Waals surface area contributed by atoms with Crippen molar-refractivity contribution < 1.29 is 4.79 Å². The number of hydrogen-bond acceptors (Lipinski definition) is 2. The van der Waals surface area contributed by atoms with Crippen molar-refractivity contribution in [3.63, 3.8) is 0 Å². The lowest BCUT2D eigenvalue weighted by Crippen LogP contribution is -2.44. The molecule has 0 bridgehead atoms. The summed E-state index contributed by atoms with van der Waals surface area (Å²) in [6, 6.07) is 0. The maximum absolute atomic E-state index is 11.6. The van der Waals surface area contributed by atoms with Gasteiger partial charge in [-0.3, -0.25) is 4.79 Å². The van der Waals surface area contributed by atoms with E-state index in [9.17, 15) is 4.79 Å². The van der Waals surface area contributed by atoms with Crippen LogP contribution in [0.3, 0.4) is 0 Å². The van der Waals surface area contributed by atoms with Gasteiger partial charge in [0.25, 0.3) is 0 Å². The first kappa shape index (κ1) is 15.7. The van der Waals surface area contributed by atoms with E-state index in [-0.39, 0.29) is 24.2 Å². The van der Waals surface area contributed by atoms with E-state index in [2.05, 4.69) is 24.5 Å². The van der Waals surface area contributed by atoms with E-state index in [4.69, 9.17) is 0 Å². The molecule has 0 aromatic heterocycles. The van der Waals surface area contributed by atoms with Crippen molar-refractivity contribution in [2.75, 3.05) is 19.6 Å². The van der Waals surface area contributed by atoms with Crippen molar-refractivity contribution in [2.45, 2.75) is 40.0 Å². The summed E-state index contributed by atoms with van der Waals surface area (Å²) in [5, 5.41) is 6.43. The summed E-state index contributed by atoms with van der Waals surface area (Å²) in [5.74, 6) is 0.354. The van der Waals surface area contributed by atoms with Crippen LogP contribution in [0.2, 0.25) is 0 Å². The summed E-state index contributed by atoms with van der Waals surface area (Å²) in [6.07, 6.45) is 3.24. The Morgan fingerprint density at radius 2 is 2.00 bits per heavy atom. The van der Waals surface area contributed by atoms with Gasteiger partial charge in [-0.1, -0.05) is 20.8 Å². The summed E-state index contributed by atoms with van der Waals surface area (Å²) in [4.78, 5) is 11.6. The lowest BCUT2D eigenvalue weighted by atomic mass is 9.81. The molecule has 1 unspecified atom stereocenters. The fourth-order valence-corrected chi connectivity index (χ4v) is 1.87. The molecular formula is C12H25ClN2O. The molecule has 1 aliphatic heterocycles. The smallest absolute Gasteiger partial charge is 0.222 e. The van der Waals surface area contributed by atoms with Crippen LogP contribution in [0.5, 0.6) is 0 Å². The highest BCUT2D eigenvalue weighted by Gasteiger charge is 2.27. The number of rotatable bonds is 4. The molecule has 3 nitrogen and oxygen atoms in total. The Morgan fingerprint density at radius 3 is 2.50 bits per heavy atom. The molecule has 1 rings (SSSR count). The normalized spacial score (nSPS) is 20.7. The van der Waals surface area contributed by atoms with Crippen LogP contribution in [-0.4, -0.2) is 25.5 Å².